The highest BCUT2D eigenvalue weighted by Gasteiger charge is 2.25. The second-order valence-corrected chi connectivity index (χ2v) is 9.65. The number of piperazine rings is 1. The Balaban J connectivity index is 1.46. The summed E-state index contributed by atoms with van der Waals surface area (Å²) in [5, 5.41) is 0. The molecule has 1 aliphatic heterocycles. The molecule has 29 heavy (non-hydrogen) atoms. The van der Waals surface area contributed by atoms with E-state index < -0.39 is 9.84 Å². The zero-order valence-corrected chi connectivity index (χ0v) is 17.9. The van der Waals surface area contributed by atoms with Crippen LogP contribution in [0.3, 0.4) is 0 Å². The van der Waals surface area contributed by atoms with Gasteiger partial charge in [-0.1, -0.05) is 17.7 Å². The number of sulfone groups is 1. The number of carbonyl (C=O) groups excluding carboxylic acids is 1. The lowest BCUT2D eigenvalue weighted by Crippen LogP contribution is -3.13. The van der Waals surface area contributed by atoms with Gasteiger partial charge in [-0.05, 0) is 43.3 Å². The maximum Gasteiger partial charge on any atom is 0.224 e. The Bertz CT molecular complexity index is 916. The largest absolute Gasteiger partial charge is 0.497 e. The SMILES string of the molecule is COc1ccc(C[NH+]2CCN(C(=O)CCS(=O)(=O)c3ccc(C)cc3)CC2)cc1. The van der Waals surface area contributed by atoms with Crippen molar-refractivity contribution in [3.05, 3.63) is 59.7 Å². The van der Waals surface area contributed by atoms with E-state index in [4.69, 9.17) is 4.74 Å². The lowest BCUT2D eigenvalue weighted by molar-refractivity contribution is -0.917. The van der Waals surface area contributed by atoms with Crippen molar-refractivity contribution in [2.45, 2.75) is 24.8 Å². The van der Waals surface area contributed by atoms with Crippen LogP contribution in [-0.2, 0) is 21.2 Å². The van der Waals surface area contributed by atoms with E-state index in [0.717, 1.165) is 30.9 Å². The number of carbonyl (C=O) groups is 1. The molecule has 1 heterocycles. The smallest absolute Gasteiger partial charge is 0.224 e. The van der Waals surface area contributed by atoms with Crippen LogP contribution >= 0.6 is 0 Å². The van der Waals surface area contributed by atoms with Gasteiger partial charge in [0.15, 0.2) is 9.84 Å². The molecular formula is C22H29N2O4S+. The van der Waals surface area contributed by atoms with Crippen LogP contribution in [0.4, 0.5) is 0 Å². The van der Waals surface area contributed by atoms with Crippen LogP contribution in [0.2, 0.25) is 0 Å². The van der Waals surface area contributed by atoms with Crippen LogP contribution in [0.25, 0.3) is 0 Å². The number of rotatable bonds is 7. The molecule has 1 fully saturated rings. The fourth-order valence-corrected chi connectivity index (χ4v) is 4.75. The maximum absolute atomic E-state index is 12.5. The van der Waals surface area contributed by atoms with E-state index in [9.17, 15) is 13.2 Å². The van der Waals surface area contributed by atoms with Crippen LogP contribution in [0, 0.1) is 6.92 Å². The Kier molecular flexibility index (Phi) is 6.92. The predicted octanol–water partition coefficient (Wildman–Crippen LogP) is 1.09. The number of hydrogen-bond acceptors (Lipinski definition) is 4. The van der Waals surface area contributed by atoms with Crippen molar-refractivity contribution in [1.29, 1.82) is 0 Å². The fourth-order valence-electron chi connectivity index (χ4n) is 3.52. The highest BCUT2D eigenvalue weighted by Crippen LogP contribution is 2.14. The Hall–Kier alpha value is -2.38. The van der Waals surface area contributed by atoms with Crippen LogP contribution in [-0.4, -0.2) is 58.3 Å². The van der Waals surface area contributed by atoms with Crippen molar-refractivity contribution >= 4 is 15.7 Å². The molecular weight excluding hydrogens is 388 g/mol. The first-order valence-corrected chi connectivity index (χ1v) is 11.6. The summed E-state index contributed by atoms with van der Waals surface area (Å²) in [5.74, 6) is 0.623. The van der Waals surface area contributed by atoms with Crippen LogP contribution in [0.5, 0.6) is 5.75 Å². The van der Waals surface area contributed by atoms with E-state index in [1.807, 2.05) is 19.1 Å². The summed E-state index contributed by atoms with van der Waals surface area (Å²) in [7, 11) is -1.78. The summed E-state index contributed by atoms with van der Waals surface area (Å²) >= 11 is 0. The number of benzene rings is 2. The van der Waals surface area contributed by atoms with E-state index in [1.165, 1.54) is 10.5 Å². The molecule has 0 spiro atoms. The van der Waals surface area contributed by atoms with Gasteiger partial charge < -0.3 is 14.5 Å². The van der Waals surface area contributed by atoms with E-state index in [0.29, 0.717) is 13.1 Å². The normalized spacial score (nSPS) is 15.3. The zero-order chi connectivity index (χ0) is 20.9. The van der Waals surface area contributed by atoms with Crippen molar-refractivity contribution in [2.24, 2.45) is 0 Å². The molecule has 0 bridgehead atoms. The monoisotopic (exact) mass is 417 g/mol. The zero-order valence-electron chi connectivity index (χ0n) is 17.1. The van der Waals surface area contributed by atoms with Crippen molar-refractivity contribution in [2.75, 3.05) is 39.0 Å². The van der Waals surface area contributed by atoms with Gasteiger partial charge in [0.25, 0.3) is 0 Å². The molecule has 3 rings (SSSR count). The molecule has 0 aliphatic carbocycles. The first-order chi connectivity index (χ1) is 13.9. The number of nitrogens with zero attached hydrogens (tertiary/aromatic N) is 1. The topological polar surface area (TPSA) is 68.1 Å². The third-order valence-electron chi connectivity index (χ3n) is 5.40. The number of quaternary nitrogens is 1. The Morgan fingerprint density at radius 3 is 2.24 bits per heavy atom. The molecule has 0 atom stereocenters. The van der Waals surface area contributed by atoms with Crippen molar-refractivity contribution in [3.8, 4) is 5.75 Å². The van der Waals surface area contributed by atoms with Gasteiger partial charge in [0, 0.05) is 12.0 Å². The molecule has 0 unspecified atom stereocenters. The Labute approximate surface area is 173 Å². The van der Waals surface area contributed by atoms with E-state index in [-0.39, 0.29) is 23.0 Å². The quantitative estimate of drug-likeness (QED) is 0.733. The lowest BCUT2D eigenvalue weighted by Gasteiger charge is -2.32. The molecule has 1 amide bonds. The van der Waals surface area contributed by atoms with E-state index in [2.05, 4.69) is 12.1 Å². The minimum absolute atomic E-state index is 0.0318. The third-order valence-corrected chi connectivity index (χ3v) is 7.13. The highest BCUT2D eigenvalue weighted by atomic mass is 32.2. The molecule has 0 aromatic heterocycles. The summed E-state index contributed by atoms with van der Waals surface area (Å²) < 4.78 is 30.1. The van der Waals surface area contributed by atoms with Gasteiger partial charge in [-0.25, -0.2) is 8.42 Å². The molecule has 1 aliphatic rings. The molecule has 0 radical (unpaired) electrons. The summed E-state index contributed by atoms with van der Waals surface area (Å²) in [4.78, 5) is 16.0. The summed E-state index contributed by atoms with van der Waals surface area (Å²) in [6.45, 7) is 5.87. The minimum Gasteiger partial charge on any atom is -0.497 e. The van der Waals surface area contributed by atoms with Gasteiger partial charge in [0.1, 0.15) is 12.3 Å². The van der Waals surface area contributed by atoms with Crippen LogP contribution < -0.4 is 9.64 Å². The number of nitrogens with one attached hydrogen (secondary N) is 1. The van der Waals surface area contributed by atoms with E-state index >= 15 is 0 Å². The number of methoxy groups -OCH3 is 1. The molecule has 1 saturated heterocycles. The standard InChI is InChI=1S/C22H28N2O4S/c1-18-3-9-21(10-4-18)29(26,27)16-11-22(25)24-14-12-23(13-15-24)17-19-5-7-20(28-2)8-6-19/h3-10H,11-17H2,1-2H3/p+1. The van der Waals surface area contributed by atoms with Crippen LogP contribution in [0.15, 0.2) is 53.4 Å². The van der Waals surface area contributed by atoms with Crippen molar-refractivity contribution in [1.82, 2.24) is 4.90 Å². The van der Waals surface area contributed by atoms with Gasteiger partial charge in [-0.15, -0.1) is 0 Å². The first-order valence-electron chi connectivity index (χ1n) is 9.91. The predicted molar refractivity (Wildman–Crippen MR) is 112 cm³/mol. The number of amides is 1. The molecule has 2 aromatic rings. The number of ether oxygens (including phenoxy) is 1. The molecule has 7 heteroatoms. The van der Waals surface area contributed by atoms with Crippen molar-refractivity contribution in [3.63, 3.8) is 0 Å². The van der Waals surface area contributed by atoms with Gasteiger partial charge >= 0.3 is 0 Å². The molecule has 2 aromatic carbocycles. The Morgan fingerprint density at radius 2 is 1.66 bits per heavy atom. The average Bonchev–Trinajstić information content (AvgIpc) is 2.73. The van der Waals surface area contributed by atoms with E-state index in [1.54, 1.807) is 36.3 Å². The molecule has 6 nitrogen and oxygen atoms in total. The highest BCUT2D eigenvalue weighted by molar-refractivity contribution is 7.91. The van der Waals surface area contributed by atoms with Crippen molar-refractivity contribution < 1.29 is 22.8 Å². The van der Waals surface area contributed by atoms with Gasteiger partial charge in [-0.3, -0.25) is 4.79 Å². The van der Waals surface area contributed by atoms with Gasteiger partial charge in [0.05, 0.1) is 43.9 Å². The van der Waals surface area contributed by atoms with Gasteiger partial charge in [-0.2, -0.15) is 0 Å². The number of aryl methyl sites for hydroxylation is 1. The summed E-state index contributed by atoms with van der Waals surface area (Å²) in [5.41, 5.74) is 2.25. The molecule has 0 saturated carbocycles. The van der Waals surface area contributed by atoms with Gasteiger partial charge in [0.2, 0.25) is 5.91 Å². The lowest BCUT2D eigenvalue weighted by atomic mass is 10.2. The molecule has 1 N–H and O–H groups in total. The Morgan fingerprint density at radius 1 is 1.03 bits per heavy atom. The van der Waals surface area contributed by atoms with Crippen LogP contribution in [0.1, 0.15) is 17.5 Å². The first kappa shape index (κ1) is 21.3. The maximum atomic E-state index is 12.5. The minimum atomic E-state index is -3.43. The average molecular weight is 418 g/mol. The third kappa shape index (κ3) is 5.81. The second kappa shape index (κ2) is 9.41. The molecule has 156 valence electrons. The summed E-state index contributed by atoms with van der Waals surface area (Å²) in [6, 6.07) is 14.8. The fraction of sp³-hybridized carbons (Fsp3) is 0.409. The number of hydrogen-bond donors (Lipinski definition) is 1. The summed E-state index contributed by atoms with van der Waals surface area (Å²) in [6.07, 6.45) is 0.0318. The second-order valence-electron chi connectivity index (χ2n) is 7.54.